The van der Waals surface area contributed by atoms with E-state index in [2.05, 4.69) is 0 Å². The molecule has 0 saturated carbocycles. The zero-order valence-corrected chi connectivity index (χ0v) is 11.2. The van der Waals surface area contributed by atoms with Gasteiger partial charge < -0.3 is 9.47 Å². The van der Waals surface area contributed by atoms with Crippen LogP contribution in [-0.4, -0.2) is 11.9 Å². The van der Waals surface area contributed by atoms with Crippen LogP contribution in [0.2, 0.25) is 0 Å². The van der Waals surface area contributed by atoms with Crippen LogP contribution in [0.25, 0.3) is 0 Å². The molecule has 1 aliphatic rings. The first-order valence-electron chi connectivity index (χ1n) is 5.91. The molecule has 0 bridgehead atoms. The number of thioether (sulfide) groups is 1. The summed E-state index contributed by atoms with van der Waals surface area (Å²) in [4.78, 5) is 13.1. The van der Waals surface area contributed by atoms with Gasteiger partial charge in [-0.2, -0.15) is 0 Å². The van der Waals surface area contributed by atoms with Crippen LogP contribution in [0.3, 0.4) is 0 Å². The van der Waals surface area contributed by atoms with Crippen molar-refractivity contribution in [1.82, 2.24) is 0 Å². The predicted molar refractivity (Wildman–Crippen MR) is 73.9 cm³/mol. The molecule has 2 aromatic rings. The molecule has 4 heteroatoms. The Labute approximate surface area is 115 Å². The fourth-order valence-electron chi connectivity index (χ4n) is 1.80. The molecule has 0 aromatic heterocycles. The van der Waals surface area contributed by atoms with E-state index in [-0.39, 0.29) is 11.9 Å². The highest BCUT2D eigenvalue weighted by atomic mass is 32.2. The van der Waals surface area contributed by atoms with Gasteiger partial charge in [0.1, 0.15) is 0 Å². The SMILES string of the molecule is Cc1ccc(SC(=O)c2ccc3c(c2)OCO3)cc1. The molecule has 1 heterocycles. The topological polar surface area (TPSA) is 35.5 Å². The molecule has 0 spiro atoms. The summed E-state index contributed by atoms with van der Waals surface area (Å²) in [6, 6.07) is 13.1. The van der Waals surface area contributed by atoms with Gasteiger partial charge in [-0.3, -0.25) is 4.79 Å². The minimum atomic E-state index is 0.00199. The molecule has 1 aliphatic heterocycles. The zero-order chi connectivity index (χ0) is 13.2. The number of benzene rings is 2. The lowest BCUT2D eigenvalue weighted by Gasteiger charge is -2.03. The average molecular weight is 272 g/mol. The Morgan fingerprint density at radius 3 is 2.58 bits per heavy atom. The second-order valence-electron chi connectivity index (χ2n) is 4.27. The van der Waals surface area contributed by atoms with Gasteiger partial charge in [0.05, 0.1) is 0 Å². The van der Waals surface area contributed by atoms with Crippen molar-refractivity contribution in [2.75, 3.05) is 6.79 Å². The van der Waals surface area contributed by atoms with Crippen molar-refractivity contribution < 1.29 is 14.3 Å². The summed E-state index contributed by atoms with van der Waals surface area (Å²) in [6.45, 7) is 2.24. The number of carbonyl (C=O) groups is 1. The molecular weight excluding hydrogens is 260 g/mol. The summed E-state index contributed by atoms with van der Waals surface area (Å²) in [5.74, 6) is 1.33. The molecular formula is C15H12O3S. The molecule has 0 amide bonds. The lowest BCUT2D eigenvalue weighted by Crippen LogP contribution is -1.94. The lowest BCUT2D eigenvalue weighted by molar-refractivity contribution is 0.108. The molecule has 19 heavy (non-hydrogen) atoms. The molecule has 0 fully saturated rings. The summed E-state index contributed by atoms with van der Waals surface area (Å²) in [5, 5.41) is 0.00199. The van der Waals surface area contributed by atoms with Crippen LogP contribution in [0.1, 0.15) is 15.9 Å². The first kappa shape index (κ1) is 12.1. The summed E-state index contributed by atoms with van der Waals surface area (Å²) in [6.07, 6.45) is 0. The smallest absolute Gasteiger partial charge is 0.231 e. The Morgan fingerprint density at radius 2 is 1.79 bits per heavy atom. The second-order valence-corrected chi connectivity index (χ2v) is 5.32. The number of aryl methyl sites for hydroxylation is 1. The van der Waals surface area contributed by atoms with Gasteiger partial charge in [-0.15, -0.1) is 0 Å². The van der Waals surface area contributed by atoms with Crippen molar-refractivity contribution in [3.8, 4) is 11.5 Å². The largest absolute Gasteiger partial charge is 0.454 e. The van der Waals surface area contributed by atoms with Crippen LogP contribution in [-0.2, 0) is 0 Å². The van der Waals surface area contributed by atoms with Crippen LogP contribution < -0.4 is 9.47 Å². The summed E-state index contributed by atoms with van der Waals surface area (Å²) in [7, 11) is 0. The Kier molecular flexibility index (Phi) is 3.17. The maximum absolute atomic E-state index is 12.2. The molecule has 2 aromatic carbocycles. The van der Waals surface area contributed by atoms with Gasteiger partial charge in [-0.25, -0.2) is 0 Å². The van der Waals surface area contributed by atoms with Gasteiger partial charge in [0, 0.05) is 10.5 Å². The maximum atomic E-state index is 12.2. The van der Waals surface area contributed by atoms with Crippen molar-refractivity contribution in [3.05, 3.63) is 53.6 Å². The van der Waals surface area contributed by atoms with E-state index in [1.807, 2.05) is 31.2 Å². The zero-order valence-electron chi connectivity index (χ0n) is 10.4. The van der Waals surface area contributed by atoms with E-state index < -0.39 is 0 Å². The van der Waals surface area contributed by atoms with E-state index in [1.165, 1.54) is 17.3 Å². The van der Waals surface area contributed by atoms with Gasteiger partial charge in [0.2, 0.25) is 11.9 Å². The standard InChI is InChI=1S/C15H12O3S/c1-10-2-5-12(6-3-10)19-15(16)11-4-7-13-14(8-11)18-9-17-13/h2-8H,9H2,1H3. The molecule has 0 saturated heterocycles. The van der Waals surface area contributed by atoms with Crippen LogP contribution in [0, 0.1) is 6.92 Å². The molecule has 3 rings (SSSR count). The number of rotatable bonds is 2. The van der Waals surface area contributed by atoms with Gasteiger partial charge >= 0.3 is 0 Å². The molecule has 0 unspecified atom stereocenters. The van der Waals surface area contributed by atoms with E-state index in [0.717, 1.165) is 4.90 Å². The normalized spacial score (nSPS) is 12.5. The van der Waals surface area contributed by atoms with E-state index in [9.17, 15) is 4.79 Å². The van der Waals surface area contributed by atoms with E-state index >= 15 is 0 Å². The quantitative estimate of drug-likeness (QED) is 0.782. The Morgan fingerprint density at radius 1 is 1.05 bits per heavy atom. The third-order valence-electron chi connectivity index (χ3n) is 2.84. The van der Waals surface area contributed by atoms with E-state index in [1.54, 1.807) is 18.2 Å². The monoisotopic (exact) mass is 272 g/mol. The van der Waals surface area contributed by atoms with Gasteiger partial charge in [0.25, 0.3) is 0 Å². The first-order valence-corrected chi connectivity index (χ1v) is 6.72. The predicted octanol–water partition coefficient (Wildman–Crippen LogP) is 3.66. The molecule has 96 valence electrons. The number of carbonyl (C=O) groups excluding carboxylic acids is 1. The first-order chi connectivity index (χ1) is 9.22. The second kappa shape index (κ2) is 4.97. The van der Waals surface area contributed by atoms with Crippen molar-refractivity contribution in [3.63, 3.8) is 0 Å². The minimum Gasteiger partial charge on any atom is -0.454 e. The molecule has 0 aliphatic carbocycles. The van der Waals surface area contributed by atoms with Gasteiger partial charge in [-0.05, 0) is 49.0 Å². The van der Waals surface area contributed by atoms with Crippen molar-refractivity contribution >= 4 is 16.9 Å². The number of ether oxygens (including phenoxy) is 2. The highest BCUT2D eigenvalue weighted by Crippen LogP contribution is 2.34. The summed E-state index contributed by atoms with van der Waals surface area (Å²) < 4.78 is 10.5. The van der Waals surface area contributed by atoms with Crippen LogP contribution in [0.15, 0.2) is 47.4 Å². The van der Waals surface area contributed by atoms with E-state index in [4.69, 9.17) is 9.47 Å². The van der Waals surface area contributed by atoms with Crippen LogP contribution in [0.4, 0.5) is 0 Å². The van der Waals surface area contributed by atoms with Gasteiger partial charge in [-0.1, -0.05) is 17.7 Å². The number of hydrogen-bond acceptors (Lipinski definition) is 4. The minimum absolute atomic E-state index is 0.00199. The number of hydrogen-bond donors (Lipinski definition) is 0. The van der Waals surface area contributed by atoms with Crippen LogP contribution in [0.5, 0.6) is 11.5 Å². The highest BCUT2D eigenvalue weighted by molar-refractivity contribution is 8.14. The molecule has 0 N–H and O–H groups in total. The lowest BCUT2D eigenvalue weighted by atomic mass is 10.2. The number of fused-ring (bicyclic) bond motifs is 1. The van der Waals surface area contributed by atoms with Crippen LogP contribution >= 0.6 is 11.8 Å². The molecule has 3 nitrogen and oxygen atoms in total. The van der Waals surface area contributed by atoms with Crippen molar-refractivity contribution in [2.45, 2.75) is 11.8 Å². The van der Waals surface area contributed by atoms with Crippen molar-refractivity contribution in [2.24, 2.45) is 0 Å². The average Bonchev–Trinajstić information content (AvgIpc) is 2.88. The molecule has 0 radical (unpaired) electrons. The maximum Gasteiger partial charge on any atom is 0.231 e. The Hall–Kier alpha value is -1.94. The van der Waals surface area contributed by atoms with E-state index in [0.29, 0.717) is 17.1 Å². The Bertz CT molecular complexity index is 620. The third kappa shape index (κ3) is 2.58. The van der Waals surface area contributed by atoms with Crippen molar-refractivity contribution in [1.29, 1.82) is 0 Å². The fraction of sp³-hybridized carbons (Fsp3) is 0.133. The summed E-state index contributed by atoms with van der Waals surface area (Å²) in [5.41, 5.74) is 1.80. The third-order valence-corrected chi connectivity index (χ3v) is 3.77. The highest BCUT2D eigenvalue weighted by Gasteiger charge is 2.16. The van der Waals surface area contributed by atoms with Gasteiger partial charge in [0.15, 0.2) is 11.5 Å². The molecule has 0 atom stereocenters. The Balaban J connectivity index is 1.78. The summed E-state index contributed by atoms with van der Waals surface area (Å²) >= 11 is 1.22. The fourth-order valence-corrected chi connectivity index (χ4v) is 2.53.